The number of hydrogen-bond acceptors (Lipinski definition) is 2. The van der Waals surface area contributed by atoms with E-state index in [1.165, 1.54) is 55.6 Å². The number of rotatable bonds is 7. The van der Waals surface area contributed by atoms with E-state index in [1.807, 2.05) is 12.1 Å². The summed E-state index contributed by atoms with van der Waals surface area (Å²) in [6.45, 7) is 0. The highest BCUT2D eigenvalue weighted by Gasteiger charge is 2.46. The molecule has 258 valence electrons. The first-order valence-electron chi connectivity index (χ1n) is 18.8. The highest BCUT2D eigenvalue weighted by Crippen LogP contribution is 2.58. The van der Waals surface area contributed by atoms with Gasteiger partial charge in [0, 0.05) is 16.7 Å². The van der Waals surface area contributed by atoms with Crippen LogP contribution in [0.5, 0.6) is 0 Å². The molecule has 0 radical (unpaired) electrons. The van der Waals surface area contributed by atoms with Crippen LogP contribution in [0.1, 0.15) is 22.3 Å². The monoisotopic (exact) mass is 700 g/mol. The Kier molecular flexibility index (Phi) is 8.08. The average Bonchev–Trinajstić information content (AvgIpc) is 3.59. The van der Waals surface area contributed by atoms with Gasteiger partial charge >= 0.3 is 0 Å². The lowest BCUT2D eigenvalue weighted by atomic mass is 9.67. The molecule has 0 atom stereocenters. The molecule has 0 saturated carbocycles. The molecule has 1 aromatic heterocycles. The number of nitrogens with zero attached hydrogens (tertiary/aromatic N) is 2. The maximum Gasteiger partial charge on any atom is 0.160 e. The van der Waals surface area contributed by atoms with E-state index in [1.54, 1.807) is 0 Å². The van der Waals surface area contributed by atoms with Crippen molar-refractivity contribution >= 4 is 0 Å². The van der Waals surface area contributed by atoms with E-state index in [0.29, 0.717) is 5.82 Å². The van der Waals surface area contributed by atoms with Crippen LogP contribution in [-0.2, 0) is 5.41 Å². The zero-order valence-corrected chi connectivity index (χ0v) is 30.2. The normalized spacial score (nSPS) is 12.5. The van der Waals surface area contributed by atoms with E-state index in [2.05, 4.69) is 206 Å². The Balaban J connectivity index is 1.09. The molecule has 0 bridgehead atoms. The van der Waals surface area contributed by atoms with E-state index in [4.69, 9.17) is 9.97 Å². The highest BCUT2D eigenvalue weighted by atomic mass is 14.9. The number of aromatic nitrogens is 2. The first kappa shape index (κ1) is 32.5. The molecular formula is C53H36N2. The van der Waals surface area contributed by atoms with Crippen molar-refractivity contribution in [2.24, 2.45) is 0 Å². The van der Waals surface area contributed by atoms with E-state index >= 15 is 0 Å². The fourth-order valence-corrected chi connectivity index (χ4v) is 8.48. The maximum atomic E-state index is 5.17. The fourth-order valence-electron chi connectivity index (χ4n) is 8.48. The predicted molar refractivity (Wildman–Crippen MR) is 227 cm³/mol. The topological polar surface area (TPSA) is 25.8 Å². The molecule has 55 heavy (non-hydrogen) atoms. The minimum atomic E-state index is -0.436. The third kappa shape index (κ3) is 5.59. The zero-order chi connectivity index (χ0) is 36.6. The molecule has 1 aliphatic carbocycles. The lowest BCUT2D eigenvalue weighted by Gasteiger charge is -2.34. The largest absolute Gasteiger partial charge is 0.228 e. The second-order valence-corrected chi connectivity index (χ2v) is 14.1. The number of hydrogen-bond donors (Lipinski definition) is 0. The Labute approximate surface area is 322 Å². The summed E-state index contributed by atoms with van der Waals surface area (Å²) in [6.07, 6.45) is 0. The minimum Gasteiger partial charge on any atom is -0.228 e. The first-order valence-corrected chi connectivity index (χ1v) is 18.8. The van der Waals surface area contributed by atoms with Gasteiger partial charge in [0.1, 0.15) is 0 Å². The third-order valence-electron chi connectivity index (χ3n) is 11.0. The van der Waals surface area contributed by atoms with Crippen molar-refractivity contribution in [3.63, 3.8) is 0 Å². The molecule has 0 N–H and O–H groups in total. The molecule has 0 amide bonds. The van der Waals surface area contributed by atoms with Crippen LogP contribution in [0.3, 0.4) is 0 Å². The highest BCUT2D eigenvalue weighted by molar-refractivity contribution is 5.95. The van der Waals surface area contributed by atoms with Crippen molar-refractivity contribution in [3.05, 3.63) is 241 Å². The molecule has 9 aromatic rings. The smallest absolute Gasteiger partial charge is 0.160 e. The molecule has 8 aromatic carbocycles. The molecule has 2 heteroatoms. The van der Waals surface area contributed by atoms with Gasteiger partial charge in [-0.25, -0.2) is 9.97 Å². The van der Waals surface area contributed by atoms with E-state index in [0.717, 1.165) is 28.1 Å². The Bertz CT molecular complexity index is 2720. The SMILES string of the molecule is c1ccc(-c2ccc(-c3nc(-c4ccccc4)cc(-c4ccc(-c5cccc6c5-c5ccccc5C6(c5ccccc5)c5ccccc5)cc4)n3)cc2)cc1. The standard InChI is InChI=1S/C53H36N2/c1-5-16-37(17-6-1)38-28-34-42(35-29-38)52-54-49(40-18-7-2-8-19-40)36-50(55-52)41-32-30-39(31-33-41)45-25-15-27-48-51(45)46-24-13-14-26-47(46)53(48,43-20-9-3-10-21-43)44-22-11-4-12-23-44/h1-36H. The summed E-state index contributed by atoms with van der Waals surface area (Å²) in [5.74, 6) is 0.704. The maximum absolute atomic E-state index is 5.17. The number of benzene rings is 8. The molecule has 10 rings (SSSR count). The molecule has 1 heterocycles. The molecule has 2 nitrogen and oxygen atoms in total. The average molecular weight is 701 g/mol. The van der Waals surface area contributed by atoms with Gasteiger partial charge in [-0.3, -0.25) is 0 Å². The summed E-state index contributed by atoms with van der Waals surface area (Å²) in [5, 5.41) is 0. The van der Waals surface area contributed by atoms with Crippen LogP contribution in [0, 0.1) is 0 Å². The summed E-state index contributed by atoms with van der Waals surface area (Å²) < 4.78 is 0. The van der Waals surface area contributed by atoms with Crippen molar-refractivity contribution in [2.75, 3.05) is 0 Å². The van der Waals surface area contributed by atoms with Gasteiger partial charge in [0.05, 0.1) is 16.8 Å². The quantitative estimate of drug-likeness (QED) is 0.165. The lowest BCUT2D eigenvalue weighted by molar-refractivity contribution is 0.768. The summed E-state index contributed by atoms with van der Waals surface area (Å²) in [5.41, 5.74) is 16.9. The van der Waals surface area contributed by atoms with Gasteiger partial charge in [0.25, 0.3) is 0 Å². The Morgan fingerprint density at radius 2 is 0.709 bits per heavy atom. The zero-order valence-electron chi connectivity index (χ0n) is 30.2. The predicted octanol–water partition coefficient (Wildman–Crippen LogP) is 13.2. The van der Waals surface area contributed by atoms with Crippen molar-refractivity contribution in [3.8, 4) is 67.3 Å². The Morgan fingerprint density at radius 1 is 0.291 bits per heavy atom. The minimum absolute atomic E-state index is 0.436. The van der Waals surface area contributed by atoms with Crippen LogP contribution >= 0.6 is 0 Å². The van der Waals surface area contributed by atoms with Crippen LogP contribution < -0.4 is 0 Å². The van der Waals surface area contributed by atoms with Crippen molar-refractivity contribution in [1.82, 2.24) is 9.97 Å². The van der Waals surface area contributed by atoms with Crippen LogP contribution in [-0.4, -0.2) is 9.97 Å². The summed E-state index contributed by atoms with van der Waals surface area (Å²) in [4.78, 5) is 10.2. The fraction of sp³-hybridized carbons (Fsp3) is 0.0189. The third-order valence-corrected chi connectivity index (χ3v) is 11.0. The van der Waals surface area contributed by atoms with Crippen molar-refractivity contribution < 1.29 is 0 Å². The van der Waals surface area contributed by atoms with E-state index in [-0.39, 0.29) is 0 Å². The molecule has 0 unspecified atom stereocenters. The van der Waals surface area contributed by atoms with Gasteiger partial charge in [-0.15, -0.1) is 0 Å². The van der Waals surface area contributed by atoms with Gasteiger partial charge in [-0.05, 0) is 61.7 Å². The lowest BCUT2D eigenvalue weighted by Crippen LogP contribution is -2.28. The summed E-state index contributed by atoms with van der Waals surface area (Å²) in [6, 6.07) is 78.1. The first-order chi connectivity index (χ1) is 27.3. The van der Waals surface area contributed by atoms with Crippen LogP contribution in [0.2, 0.25) is 0 Å². The summed E-state index contributed by atoms with van der Waals surface area (Å²) >= 11 is 0. The van der Waals surface area contributed by atoms with E-state index < -0.39 is 5.41 Å². The molecule has 0 saturated heterocycles. The molecule has 0 aliphatic heterocycles. The van der Waals surface area contributed by atoms with Crippen LogP contribution in [0.25, 0.3) is 67.3 Å². The second-order valence-electron chi connectivity index (χ2n) is 14.1. The molecule has 0 spiro atoms. The van der Waals surface area contributed by atoms with Crippen LogP contribution in [0.15, 0.2) is 218 Å². The van der Waals surface area contributed by atoms with Gasteiger partial charge < -0.3 is 0 Å². The van der Waals surface area contributed by atoms with E-state index in [9.17, 15) is 0 Å². The molecular weight excluding hydrogens is 665 g/mol. The molecule has 1 aliphatic rings. The Hall–Kier alpha value is -7.16. The van der Waals surface area contributed by atoms with Gasteiger partial charge in [0.15, 0.2) is 5.82 Å². The van der Waals surface area contributed by atoms with Gasteiger partial charge in [0.2, 0.25) is 0 Å². The van der Waals surface area contributed by atoms with Crippen molar-refractivity contribution in [2.45, 2.75) is 5.41 Å². The Morgan fingerprint density at radius 3 is 1.33 bits per heavy atom. The number of fused-ring (bicyclic) bond motifs is 3. The van der Waals surface area contributed by atoms with Crippen LogP contribution in [0.4, 0.5) is 0 Å². The van der Waals surface area contributed by atoms with Gasteiger partial charge in [-0.1, -0.05) is 212 Å². The summed E-state index contributed by atoms with van der Waals surface area (Å²) in [7, 11) is 0. The van der Waals surface area contributed by atoms with Gasteiger partial charge in [-0.2, -0.15) is 0 Å². The van der Waals surface area contributed by atoms with Crippen molar-refractivity contribution in [1.29, 1.82) is 0 Å². The second kappa shape index (κ2) is 13.7. The molecule has 0 fully saturated rings.